The topological polar surface area (TPSA) is 208 Å². The fourth-order valence-electron chi connectivity index (χ4n) is 2.43. The van der Waals surface area contributed by atoms with Crippen LogP contribution in [-0.4, -0.2) is 75.8 Å². The average molecular weight is 432 g/mol. The molecule has 172 valence electrons. The van der Waals surface area contributed by atoms with Gasteiger partial charge < -0.3 is 37.0 Å². The van der Waals surface area contributed by atoms with E-state index < -0.39 is 66.4 Å². The summed E-state index contributed by atoms with van der Waals surface area (Å²) < 4.78 is 0. The Balaban J connectivity index is 5.23. The molecule has 0 heterocycles. The van der Waals surface area contributed by atoms with Crippen LogP contribution < -0.4 is 21.7 Å². The Bertz CT molecular complexity index is 638. The summed E-state index contributed by atoms with van der Waals surface area (Å²) in [5.41, 5.74) is 5.66. The van der Waals surface area contributed by atoms with Crippen molar-refractivity contribution in [2.75, 3.05) is 6.61 Å². The molecule has 0 radical (unpaired) electrons. The maximum absolute atomic E-state index is 12.7. The molecule has 8 N–H and O–H groups in total. The van der Waals surface area contributed by atoms with E-state index in [-0.39, 0.29) is 18.8 Å². The zero-order valence-electron chi connectivity index (χ0n) is 17.5. The van der Waals surface area contributed by atoms with Crippen molar-refractivity contribution < 1.29 is 39.3 Å². The van der Waals surface area contributed by atoms with E-state index in [2.05, 4.69) is 16.0 Å². The summed E-state index contributed by atoms with van der Waals surface area (Å²) in [6, 6.07) is -4.83. The number of carboxylic acids is 2. The third-order valence-electron chi connectivity index (χ3n) is 4.30. The van der Waals surface area contributed by atoms with Gasteiger partial charge >= 0.3 is 11.9 Å². The maximum Gasteiger partial charge on any atom is 0.328 e. The molecule has 3 amide bonds. The molecule has 0 aliphatic carbocycles. The fourth-order valence-corrected chi connectivity index (χ4v) is 2.43. The molecular formula is C18H32N4O8. The highest BCUT2D eigenvalue weighted by Crippen LogP contribution is 2.08. The van der Waals surface area contributed by atoms with Gasteiger partial charge in [0.1, 0.15) is 18.1 Å². The number of hydrogen-bond donors (Lipinski definition) is 7. The van der Waals surface area contributed by atoms with Crippen LogP contribution >= 0.6 is 0 Å². The van der Waals surface area contributed by atoms with E-state index >= 15 is 0 Å². The van der Waals surface area contributed by atoms with E-state index in [0.29, 0.717) is 0 Å². The molecule has 0 aromatic rings. The normalized spacial score (nSPS) is 15.1. The van der Waals surface area contributed by atoms with Gasteiger partial charge in [-0.3, -0.25) is 19.2 Å². The highest BCUT2D eigenvalue weighted by molar-refractivity contribution is 5.94. The lowest BCUT2D eigenvalue weighted by atomic mass is 9.99. The van der Waals surface area contributed by atoms with E-state index in [1.165, 1.54) is 0 Å². The lowest BCUT2D eigenvalue weighted by Gasteiger charge is -2.28. The number of aliphatic hydroxyl groups is 1. The molecule has 0 bridgehead atoms. The molecule has 0 aromatic carbocycles. The lowest BCUT2D eigenvalue weighted by molar-refractivity contribution is -0.143. The van der Waals surface area contributed by atoms with Gasteiger partial charge in [0.25, 0.3) is 0 Å². The summed E-state index contributed by atoms with van der Waals surface area (Å²) in [7, 11) is 0. The van der Waals surface area contributed by atoms with Crippen LogP contribution in [0.15, 0.2) is 0 Å². The largest absolute Gasteiger partial charge is 0.481 e. The summed E-state index contributed by atoms with van der Waals surface area (Å²) in [6.07, 6.45) is -0.416. The smallest absolute Gasteiger partial charge is 0.328 e. The van der Waals surface area contributed by atoms with Crippen molar-refractivity contribution in [3.05, 3.63) is 0 Å². The number of nitrogens with one attached hydrogen (secondary N) is 3. The maximum atomic E-state index is 12.7. The first-order valence-electron chi connectivity index (χ1n) is 9.53. The minimum absolute atomic E-state index is 0.109. The number of hydrogen-bond acceptors (Lipinski definition) is 7. The van der Waals surface area contributed by atoms with Gasteiger partial charge in [-0.1, -0.05) is 27.7 Å². The molecule has 0 aromatic heterocycles. The van der Waals surface area contributed by atoms with E-state index in [0.717, 1.165) is 0 Å². The quantitative estimate of drug-likeness (QED) is 0.172. The number of carbonyl (C=O) groups is 5. The molecule has 0 saturated heterocycles. The molecule has 12 heteroatoms. The second-order valence-corrected chi connectivity index (χ2v) is 7.58. The first-order valence-corrected chi connectivity index (χ1v) is 9.53. The molecule has 4 atom stereocenters. The van der Waals surface area contributed by atoms with Crippen LogP contribution in [0.5, 0.6) is 0 Å². The summed E-state index contributed by atoms with van der Waals surface area (Å²) in [5, 5.41) is 33.8. The second-order valence-electron chi connectivity index (χ2n) is 7.58. The predicted octanol–water partition coefficient (Wildman–Crippen LogP) is -1.98. The zero-order valence-corrected chi connectivity index (χ0v) is 17.5. The first-order chi connectivity index (χ1) is 13.8. The molecule has 30 heavy (non-hydrogen) atoms. The summed E-state index contributed by atoms with van der Waals surface area (Å²) >= 11 is 0. The zero-order chi connectivity index (χ0) is 23.6. The minimum Gasteiger partial charge on any atom is -0.481 e. The SMILES string of the molecule is CC(C)C(NC(=O)C(N)CCC(=O)O)C(=O)NC(C(=O)NC(CO)C(=O)O)C(C)C. The molecule has 0 saturated carbocycles. The van der Waals surface area contributed by atoms with Crippen molar-refractivity contribution in [2.45, 2.75) is 64.7 Å². The summed E-state index contributed by atoms with van der Waals surface area (Å²) in [4.78, 5) is 58.9. The number of rotatable bonds is 13. The summed E-state index contributed by atoms with van der Waals surface area (Å²) in [5.74, 6) is -5.54. The third kappa shape index (κ3) is 9.18. The highest BCUT2D eigenvalue weighted by Gasteiger charge is 2.32. The van der Waals surface area contributed by atoms with Crippen LogP contribution in [0.1, 0.15) is 40.5 Å². The predicted molar refractivity (Wildman–Crippen MR) is 105 cm³/mol. The fraction of sp³-hybridized carbons (Fsp3) is 0.722. The highest BCUT2D eigenvalue weighted by atomic mass is 16.4. The monoisotopic (exact) mass is 432 g/mol. The van der Waals surface area contributed by atoms with Crippen LogP contribution in [0.2, 0.25) is 0 Å². The van der Waals surface area contributed by atoms with Gasteiger partial charge in [-0.2, -0.15) is 0 Å². The first kappa shape index (κ1) is 27.3. The summed E-state index contributed by atoms with van der Waals surface area (Å²) in [6.45, 7) is 5.75. The van der Waals surface area contributed by atoms with Crippen LogP contribution in [0.3, 0.4) is 0 Å². The number of carboxylic acid groups (broad SMARTS) is 2. The number of amides is 3. The molecule has 4 unspecified atom stereocenters. The molecule has 0 fully saturated rings. The third-order valence-corrected chi connectivity index (χ3v) is 4.30. The van der Waals surface area contributed by atoms with Gasteiger partial charge in [-0.15, -0.1) is 0 Å². The van der Waals surface area contributed by atoms with Crippen LogP contribution in [-0.2, 0) is 24.0 Å². The van der Waals surface area contributed by atoms with Gasteiger partial charge in [0, 0.05) is 6.42 Å². The minimum atomic E-state index is -1.52. The van der Waals surface area contributed by atoms with E-state index in [9.17, 15) is 24.0 Å². The number of nitrogens with two attached hydrogens (primary N) is 1. The van der Waals surface area contributed by atoms with Crippen molar-refractivity contribution in [1.29, 1.82) is 0 Å². The van der Waals surface area contributed by atoms with Crippen molar-refractivity contribution in [3.8, 4) is 0 Å². The van der Waals surface area contributed by atoms with Crippen molar-refractivity contribution in [3.63, 3.8) is 0 Å². The molecule has 0 aliphatic rings. The molecular weight excluding hydrogens is 400 g/mol. The Hall–Kier alpha value is -2.73. The van der Waals surface area contributed by atoms with Crippen molar-refractivity contribution >= 4 is 29.7 Å². The lowest BCUT2D eigenvalue weighted by Crippen LogP contribution is -2.59. The molecule has 0 rings (SSSR count). The number of aliphatic carboxylic acids is 2. The van der Waals surface area contributed by atoms with Crippen molar-refractivity contribution in [2.24, 2.45) is 17.6 Å². The van der Waals surface area contributed by atoms with E-state index in [4.69, 9.17) is 21.1 Å². The number of carbonyl (C=O) groups excluding carboxylic acids is 3. The molecule has 12 nitrogen and oxygen atoms in total. The van der Waals surface area contributed by atoms with Gasteiger partial charge in [0.15, 0.2) is 0 Å². The second kappa shape index (κ2) is 12.8. The van der Waals surface area contributed by atoms with E-state index in [1.54, 1.807) is 27.7 Å². The van der Waals surface area contributed by atoms with Crippen LogP contribution in [0, 0.1) is 11.8 Å². The Morgan fingerprint density at radius 2 is 1.23 bits per heavy atom. The molecule has 0 aliphatic heterocycles. The Morgan fingerprint density at radius 1 is 0.800 bits per heavy atom. The van der Waals surface area contributed by atoms with Gasteiger partial charge in [0.05, 0.1) is 12.6 Å². The van der Waals surface area contributed by atoms with Crippen molar-refractivity contribution in [1.82, 2.24) is 16.0 Å². The number of aliphatic hydroxyl groups excluding tert-OH is 1. The van der Waals surface area contributed by atoms with E-state index in [1.807, 2.05) is 0 Å². The average Bonchev–Trinajstić information content (AvgIpc) is 2.64. The van der Waals surface area contributed by atoms with Crippen LogP contribution in [0.4, 0.5) is 0 Å². The Morgan fingerprint density at radius 3 is 1.60 bits per heavy atom. The standard InChI is InChI=1S/C18H32N4O8/c1-8(2)13(16(27)20-11(7-23)18(29)30)22-17(28)14(9(3)4)21-15(26)10(19)5-6-12(24)25/h8-11,13-14,23H,5-7,19H2,1-4H3,(H,20,27)(H,21,26)(H,22,28)(H,24,25)(H,29,30). The van der Waals surface area contributed by atoms with Gasteiger partial charge in [0.2, 0.25) is 17.7 Å². The van der Waals surface area contributed by atoms with Gasteiger partial charge in [-0.05, 0) is 18.3 Å². The Labute approximate surface area is 174 Å². The van der Waals surface area contributed by atoms with Gasteiger partial charge in [-0.25, -0.2) is 4.79 Å². The Kier molecular flexibility index (Phi) is 11.6. The van der Waals surface area contributed by atoms with Crippen LogP contribution in [0.25, 0.3) is 0 Å². The molecule has 0 spiro atoms.